The number of aliphatic hydroxyl groups is 1. The lowest BCUT2D eigenvalue weighted by molar-refractivity contribution is -0.120. The molecule has 8 nitrogen and oxygen atoms in total. The number of nitrogens with two attached hydrogens (primary N) is 1. The molecule has 220 valence electrons. The lowest BCUT2D eigenvalue weighted by Crippen LogP contribution is -2.33. The Morgan fingerprint density at radius 3 is 2.45 bits per heavy atom. The highest BCUT2D eigenvalue weighted by Crippen LogP contribution is 2.32. The summed E-state index contributed by atoms with van der Waals surface area (Å²) in [5, 5.41) is 13.7. The number of alkyl halides is 1. The van der Waals surface area contributed by atoms with Crippen LogP contribution in [0.1, 0.15) is 67.2 Å². The molecule has 0 fully saturated rings. The monoisotopic (exact) mass is 558 g/mol. The number of amides is 2. The van der Waals surface area contributed by atoms with Crippen LogP contribution in [-0.2, 0) is 19.1 Å². The van der Waals surface area contributed by atoms with Crippen molar-refractivity contribution in [2.45, 2.75) is 79.4 Å². The van der Waals surface area contributed by atoms with Gasteiger partial charge in [-0.1, -0.05) is 52.0 Å². The second-order valence-electron chi connectivity index (χ2n) is 11.2. The van der Waals surface area contributed by atoms with Crippen LogP contribution in [0.4, 0.5) is 9.18 Å². The number of allylic oxidation sites excluding steroid dienone is 5. The van der Waals surface area contributed by atoms with E-state index >= 15 is 0 Å². The molecule has 1 aliphatic heterocycles. The smallest absolute Gasteiger partial charge is 0.405 e. The molecule has 6 atom stereocenters. The average molecular weight is 559 g/mol. The number of ketones is 2. The molecule has 0 saturated heterocycles. The van der Waals surface area contributed by atoms with Gasteiger partial charge in [-0.05, 0) is 56.9 Å². The number of aliphatic hydroxyl groups excluding tert-OH is 1. The third-order valence-corrected chi connectivity index (χ3v) is 7.53. The first-order valence-electron chi connectivity index (χ1n) is 13.8. The van der Waals surface area contributed by atoms with E-state index in [0.717, 1.165) is 11.6 Å². The zero-order valence-corrected chi connectivity index (χ0v) is 24.3. The number of rotatable bonds is 4. The maximum Gasteiger partial charge on any atom is 0.405 e. The number of halogens is 1. The number of nitrogens with one attached hydrogen (secondary N) is 1. The van der Waals surface area contributed by atoms with Crippen molar-refractivity contribution < 1.29 is 33.4 Å². The molecule has 0 saturated carbocycles. The van der Waals surface area contributed by atoms with Crippen LogP contribution < -0.4 is 11.1 Å². The van der Waals surface area contributed by atoms with Gasteiger partial charge in [-0.25, -0.2) is 4.79 Å². The Labute approximate surface area is 236 Å². The number of carbonyl (C=O) groups excluding carboxylic acids is 4. The van der Waals surface area contributed by atoms with Crippen LogP contribution in [0.5, 0.6) is 0 Å². The summed E-state index contributed by atoms with van der Waals surface area (Å²) in [7, 11) is 0. The van der Waals surface area contributed by atoms with Gasteiger partial charge in [0.2, 0.25) is 5.78 Å². The number of hydrogen-bond acceptors (Lipinski definition) is 6. The predicted molar refractivity (Wildman–Crippen MR) is 151 cm³/mol. The number of Topliss-reactive ketones (excluding diaryl/α,β-unsaturated/α-hetero) is 1. The van der Waals surface area contributed by atoms with Crippen molar-refractivity contribution in [2.24, 2.45) is 29.4 Å². The maximum atomic E-state index is 13.5. The summed E-state index contributed by atoms with van der Waals surface area (Å²) < 4.78 is 18.4. The van der Waals surface area contributed by atoms with E-state index in [9.17, 15) is 28.7 Å². The number of hydrogen-bond donors (Lipinski definition) is 3. The minimum absolute atomic E-state index is 0.0945. The van der Waals surface area contributed by atoms with E-state index in [1.165, 1.54) is 0 Å². The molecule has 0 aromatic rings. The number of primary amides is 1. The lowest BCUT2D eigenvalue weighted by atomic mass is 9.80. The van der Waals surface area contributed by atoms with E-state index < -0.39 is 42.4 Å². The molecule has 1 heterocycles. The number of carbonyl (C=O) groups is 4. The molecular weight excluding hydrogens is 515 g/mol. The van der Waals surface area contributed by atoms with Gasteiger partial charge >= 0.3 is 6.09 Å². The number of ether oxygens (including phenoxy) is 1. The lowest BCUT2D eigenvalue weighted by Gasteiger charge is -2.28. The molecule has 0 radical (unpaired) electrons. The van der Waals surface area contributed by atoms with Crippen molar-refractivity contribution in [3.05, 3.63) is 58.4 Å². The van der Waals surface area contributed by atoms with Crippen molar-refractivity contribution in [3.8, 4) is 0 Å². The molecule has 2 aliphatic rings. The van der Waals surface area contributed by atoms with Crippen molar-refractivity contribution >= 4 is 23.6 Å². The standard InChI is InChI=1S/C31H43FN2O6/c1-17-13-20(4)27(36)21(5)15-22(6)29(40-31(33)39)18(2)9-7-10-19(3)30(38)34-25-16-26(35)23(11-8-12-32)24(14-17)28(25)37/h7,9-10,15-18,20-21,27,29,36H,8,11-14H2,1-6H3,(H2,33,39)(H,34,38)/b9-7-,19-10+,22-15+/t17-,18-,20-,21-,27-,29+/m0/s1. The van der Waals surface area contributed by atoms with Crippen LogP contribution in [0.2, 0.25) is 0 Å². The molecule has 1 aliphatic carbocycles. The van der Waals surface area contributed by atoms with Gasteiger partial charge in [0.25, 0.3) is 5.91 Å². The van der Waals surface area contributed by atoms with Gasteiger partial charge in [0.15, 0.2) is 5.78 Å². The van der Waals surface area contributed by atoms with Crippen molar-refractivity contribution in [1.82, 2.24) is 5.32 Å². The zero-order chi connectivity index (χ0) is 30.1. The SMILES string of the molecule is C/C1=C\C=C/[C@H](C)[C@@H](OC(N)=O)/C(C)=C/[C@H](C)[C@@H](O)[C@@H](C)C[C@H](C)CC2=C(CCCF)C(=O)C=C(NC1=O)C2=O. The summed E-state index contributed by atoms with van der Waals surface area (Å²) in [6.45, 7) is 10.3. The highest BCUT2D eigenvalue weighted by molar-refractivity contribution is 6.23. The van der Waals surface area contributed by atoms with Crippen molar-refractivity contribution in [1.29, 1.82) is 0 Å². The summed E-state index contributed by atoms with van der Waals surface area (Å²) in [6, 6.07) is 0. The van der Waals surface area contributed by atoms with Crippen LogP contribution in [-0.4, -0.2) is 47.6 Å². The van der Waals surface area contributed by atoms with Gasteiger partial charge in [-0.15, -0.1) is 0 Å². The third-order valence-electron chi connectivity index (χ3n) is 7.53. The Balaban J connectivity index is 2.54. The Hall–Kier alpha value is -3.33. The summed E-state index contributed by atoms with van der Waals surface area (Å²) in [5.74, 6) is -2.26. The highest BCUT2D eigenvalue weighted by Gasteiger charge is 2.32. The van der Waals surface area contributed by atoms with Crippen molar-refractivity contribution in [3.63, 3.8) is 0 Å². The van der Waals surface area contributed by atoms with Gasteiger partial charge in [-0.2, -0.15) is 0 Å². The summed E-state index contributed by atoms with van der Waals surface area (Å²) >= 11 is 0. The molecule has 9 heteroatoms. The first kappa shape index (κ1) is 32.9. The summed E-state index contributed by atoms with van der Waals surface area (Å²) in [4.78, 5) is 50.9. The van der Waals surface area contributed by atoms with Crippen LogP contribution in [0.25, 0.3) is 0 Å². The van der Waals surface area contributed by atoms with E-state index in [2.05, 4.69) is 5.32 Å². The summed E-state index contributed by atoms with van der Waals surface area (Å²) in [5.41, 5.74) is 6.80. The number of fused-ring (bicyclic) bond motifs is 2. The topological polar surface area (TPSA) is 136 Å². The average Bonchev–Trinajstić information content (AvgIpc) is 2.88. The zero-order valence-electron chi connectivity index (χ0n) is 24.3. The van der Waals surface area contributed by atoms with Crippen LogP contribution >= 0.6 is 0 Å². The first-order chi connectivity index (χ1) is 18.8. The van der Waals surface area contributed by atoms with E-state index in [1.807, 2.05) is 40.7 Å². The largest absolute Gasteiger partial charge is 0.441 e. The van der Waals surface area contributed by atoms with Gasteiger partial charge < -0.3 is 20.9 Å². The fraction of sp³-hybridized carbons (Fsp3) is 0.548. The minimum Gasteiger partial charge on any atom is -0.441 e. The fourth-order valence-electron chi connectivity index (χ4n) is 5.40. The first-order valence-corrected chi connectivity index (χ1v) is 13.8. The fourth-order valence-corrected chi connectivity index (χ4v) is 5.40. The third kappa shape index (κ3) is 8.84. The molecule has 2 amide bonds. The second kappa shape index (κ2) is 14.9. The Kier molecular flexibility index (Phi) is 12.2. The van der Waals surface area contributed by atoms with E-state index in [4.69, 9.17) is 10.5 Å². The molecular formula is C31H43FN2O6. The molecule has 0 unspecified atom stereocenters. The molecule has 0 spiro atoms. The molecule has 0 aromatic heterocycles. The molecule has 2 bridgehead atoms. The van der Waals surface area contributed by atoms with Crippen LogP contribution in [0, 0.1) is 23.7 Å². The van der Waals surface area contributed by atoms with E-state index in [0.29, 0.717) is 6.42 Å². The molecule has 4 N–H and O–H groups in total. The Morgan fingerprint density at radius 1 is 1.15 bits per heavy atom. The maximum absolute atomic E-state index is 13.5. The van der Waals surface area contributed by atoms with Crippen LogP contribution in [0.3, 0.4) is 0 Å². The summed E-state index contributed by atoms with van der Waals surface area (Å²) in [6.07, 6.45) is 6.66. The quantitative estimate of drug-likeness (QED) is 0.335. The highest BCUT2D eigenvalue weighted by atomic mass is 19.1. The second-order valence-corrected chi connectivity index (χ2v) is 11.2. The Morgan fingerprint density at radius 2 is 1.82 bits per heavy atom. The molecule has 0 aromatic carbocycles. The molecule has 2 rings (SSSR count). The van der Waals surface area contributed by atoms with E-state index in [1.54, 1.807) is 25.2 Å². The van der Waals surface area contributed by atoms with Gasteiger partial charge in [0.1, 0.15) is 6.10 Å². The normalized spacial score (nSPS) is 32.8. The van der Waals surface area contributed by atoms with Gasteiger partial charge in [0.05, 0.1) is 18.5 Å². The predicted octanol–water partition coefficient (Wildman–Crippen LogP) is 4.80. The molecule has 40 heavy (non-hydrogen) atoms. The van der Waals surface area contributed by atoms with Crippen LogP contribution in [0.15, 0.2) is 58.4 Å². The van der Waals surface area contributed by atoms with Crippen molar-refractivity contribution in [2.75, 3.05) is 6.67 Å². The minimum atomic E-state index is -0.920. The van der Waals surface area contributed by atoms with Gasteiger partial charge in [-0.3, -0.25) is 18.8 Å². The van der Waals surface area contributed by atoms with Gasteiger partial charge in [0, 0.05) is 34.6 Å². The Bertz CT molecular complexity index is 1150. The van der Waals surface area contributed by atoms with E-state index in [-0.39, 0.29) is 65.4 Å².